The molecule has 3 aromatic rings. The summed E-state index contributed by atoms with van der Waals surface area (Å²) in [5.74, 6) is 2.94. The molecule has 0 radical (unpaired) electrons. The van der Waals surface area contributed by atoms with E-state index in [0.717, 1.165) is 44.8 Å². The molecule has 0 spiro atoms. The highest BCUT2D eigenvalue weighted by Crippen LogP contribution is 2.38. The Morgan fingerprint density at radius 3 is 2.76 bits per heavy atom. The minimum atomic E-state index is 0.655. The minimum absolute atomic E-state index is 0.655. The zero-order valence-electron chi connectivity index (χ0n) is 14.6. The van der Waals surface area contributed by atoms with Gasteiger partial charge in [0, 0.05) is 32.0 Å². The molecular weight excluding hydrogens is 308 g/mol. The maximum atomic E-state index is 4.79. The van der Waals surface area contributed by atoms with Gasteiger partial charge < -0.3 is 4.90 Å². The second-order valence-corrected chi connectivity index (χ2v) is 7.36. The second-order valence-electron chi connectivity index (χ2n) is 7.36. The van der Waals surface area contributed by atoms with E-state index in [9.17, 15) is 0 Å². The summed E-state index contributed by atoms with van der Waals surface area (Å²) < 4.78 is 2.16. The smallest absolute Gasteiger partial charge is 0.154 e. The number of nitrogens with zero attached hydrogens (tertiary/aromatic N) is 4. The minimum Gasteiger partial charge on any atom is -0.301 e. The quantitative estimate of drug-likeness (QED) is 0.734. The molecule has 1 aromatic heterocycles. The summed E-state index contributed by atoms with van der Waals surface area (Å²) in [6.07, 6.45) is 4.68. The SMILES string of the molecule is c1ccc2c(CCN3CCc4nc(C5CC5)nn4CC3)cccc2c1. The number of rotatable bonds is 4. The van der Waals surface area contributed by atoms with Crippen LogP contribution >= 0.6 is 0 Å². The van der Waals surface area contributed by atoms with Gasteiger partial charge in [0.25, 0.3) is 0 Å². The van der Waals surface area contributed by atoms with Crippen LogP contribution in [-0.4, -0.2) is 39.3 Å². The Morgan fingerprint density at radius 2 is 1.84 bits per heavy atom. The van der Waals surface area contributed by atoms with Gasteiger partial charge in [0.1, 0.15) is 5.82 Å². The van der Waals surface area contributed by atoms with Gasteiger partial charge in [0.05, 0.1) is 6.54 Å². The van der Waals surface area contributed by atoms with Crippen LogP contribution in [0.1, 0.15) is 36.0 Å². The van der Waals surface area contributed by atoms with Crippen molar-refractivity contribution in [1.29, 1.82) is 0 Å². The molecule has 5 rings (SSSR count). The fourth-order valence-electron chi connectivity index (χ4n) is 3.89. The van der Waals surface area contributed by atoms with E-state index in [-0.39, 0.29) is 0 Å². The number of fused-ring (bicyclic) bond motifs is 2. The van der Waals surface area contributed by atoms with Crippen LogP contribution in [-0.2, 0) is 19.4 Å². The fraction of sp³-hybridized carbons (Fsp3) is 0.429. The lowest BCUT2D eigenvalue weighted by atomic mass is 10.0. The van der Waals surface area contributed by atoms with E-state index < -0.39 is 0 Å². The van der Waals surface area contributed by atoms with Gasteiger partial charge in [-0.1, -0.05) is 42.5 Å². The lowest BCUT2D eigenvalue weighted by Gasteiger charge is -2.19. The molecule has 0 amide bonds. The third kappa shape index (κ3) is 3.07. The highest BCUT2D eigenvalue weighted by Gasteiger charge is 2.29. The second kappa shape index (κ2) is 6.26. The summed E-state index contributed by atoms with van der Waals surface area (Å²) in [6, 6.07) is 15.4. The molecular formula is C21H24N4. The molecule has 25 heavy (non-hydrogen) atoms. The van der Waals surface area contributed by atoms with E-state index >= 15 is 0 Å². The lowest BCUT2D eigenvalue weighted by molar-refractivity contribution is 0.280. The molecule has 0 atom stereocenters. The van der Waals surface area contributed by atoms with Crippen LogP contribution < -0.4 is 0 Å². The van der Waals surface area contributed by atoms with Gasteiger partial charge in [0.15, 0.2) is 5.82 Å². The average Bonchev–Trinajstić information content (AvgIpc) is 3.45. The zero-order chi connectivity index (χ0) is 16.6. The Bertz CT molecular complexity index is 863. The van der Waals surface area contributed by atoms with E-state index in [1.54, 1.807) is 0 Å². The van der Waals surface area contributed by atoms with Crippen LogP contribution in [0.3, 0.4) is 0 Å². The summed E-state index contributed by atoms with van der Waals surface area (Å²) in [5, 5.41) is 7.48. The Kier molecular flexibility index (Phi) is 3.78. The first-order valence-electron chi connectivity index (χ1n) is 9.49. The van der Waals surface area contributed by atoms with Crippen molar-refractivity contribution in [2.45, 2.75) is 38.1 Å². The molecule has 2 aromatic carbocycles. The van der Waals surface area contributed by atoms with E-state index in [2.05, 4.69) is 52.0 Å². The molecule has 1 saturated carbocycles. The standard InChI is InChI=1S/C21H24N4/c1-2-7-19-16(4-1)5-3-6-17(19)10-12-24-13-11-20-22-21(18-8-9-18)23-25(20)15-14-24/h1-7,18H,8-15H2. The van der Waals surface area contributed by atoms with Crippen LogP contribution in [0.25, 0.3) is 10.8 Å². The monoisotopic (exact) mass is 332 g/mol. The highest BCUT2D eigenvalue weighted by molar-refractivity contribution is 5.85. The van der Waals surface area contributed by atoms with Crippen molar-refractivity contribution >= 4 is 10.8 Å². The van der Waals surface area contributed by atoms with Gasteiger partial charge in [-0.2, -0.15) is 5.10 Å². The molecule has 0 N–H and O–H groups in total. The predicted molar refractivity (Wildman–Crippen MR) is 99.8 cm³/mol. The first-order chi connectivity index (χ1) is 12.4. The molecule has 1 fully saturated rings. The van der Waals surface area contributed by atoms with Crippen molar-refractivity contribution in [2.75, 3.05) is 19.6 Å². The average molecular weight is 332 g/mol. The summed E-state index contributed by atoms with van der Waals surface area (Å²) in [6.45, 7) is 4.25. The Labute approximate surface area is 148 Å². The van der Waals surface area contributed by atoms with E-state index in [0.29, 0.717) is 5.92 Å². The van der Waals surface area contributed by atoms with Gasteiger partial charge in [0.2, 0.25) is 0 Å². The first-order valence-corrected chi connectivity index (χ1v) is 9.49. The summed E-state index contributed by atoms with van der Waals surface area (Å²) in [4.78, 5) is 7.36. The van der Waals surface area contributed by atoms with E-state index in [1.165, 1.54) is 35.0 Å². The van der Waals surface area contributed by atoms with Crippen LogP contribution in [0.4, 0.5) is 0 Å². The zero-order valence-corrected chi connectivity index (χ0v) is 14.6. The van der Waals surface area contributed by atoms with Gasteiger partial charge in [-0.15, -0.1) is 0 Å². The molecule has 2 aliphatic rings. The molecule has 1 aliphatic heterocycles. The topological polar surface area (TPSA) is 34.0 Å². The summed E-state index contributed by atoms with van der Waals surface area (Å²) >= 11 is 0. The molecule has 0 unspecified atom stereocenters. The van der Waals surface area contributed by atoms with Crippen molar-refractivity contribution in [3.8, 4) is 0 Å². The van der Waals surface area contributed by atoms with Crippen molar-refractivity contribution in [1.82, 2.24) is 19.7 Å². The van der Waals surface area contributed by atoms with E-state index in [4.69, 9.17) is 10.1 Å². The Morgan fingerprint density at radius 1 is 0.960 bits per heavy atom. The van der Waals surface area contributed by atoms with Crippen molar-refractivity contribution in [2.24, 2.45) is 0 Å². The van der Waals surface area contributed by atoms with Gasteiger partial charge in [-0.3, -0.25) is 0 Å². The first kappa shape index (κ1) is 15.1. The van der Waals surface area contributed by atoms with Crippen molar-refractivity contribution in [3.05, 3.63) is 59.7 Å². The Hall–Kier alpha value is -2.20. The molecule has 1 aliphatic carbocycles. The van der Waals surface area contributed by atoms with Gasteiger partial charge >= 0.3 is 0 Å². The maximum absolute atomic E-state index is 4.79. The van der Waals surface area contributed by atoms with Crippen molar-refractivity contribution < 1.29 is 0 Å². The summed E-state index contributed by atoms with van der Waals surface area (Å²) in [5.41, 5.74) is 1.45. The molecule has 2 heterocycles. The summed E-state index contributed by atoms with van der Waals surface area (Å²) in [7, 11) is 0. The number of hydrogen-bond acceptors (Lipinski definition) is 3. The van der Waals surface area contributed by atoms with E-state index in [1.807, 2.05) is 0 Å². The number of hydrogen-bond donors (Lipinski definition) is 0. The predicted octanol–water partition coefficient (Wildman–Crippen LogP) is 3.41. The third-order valence-electron chi connectivity index (χ3n) is 5.56. The number of benzene rings is 2. The Balaban J connectivity index is 1.25. The molecule has 128 valence electrons. The normalized spacial score (nSPS) is 18.2. The highest BCUT2D eigenvalue weighted by atomic mass is 15.4. The third-order valence-corrected chi connectivity index (χ3v) is 5.56. The molecule has 4 heteroatoms. The largest absolute Gasteiger partial charge is 0.301 e. The van der Waals surface area contributed by atoms with Crippen LogP contribution in [0.2, 0.25) is 0 Å². The van der Waals surface area contributed by atoms with Crippen LogP contribution in [0.5, 0.6) is 0 Å². The number of aromatic nitrogens is 3. The van der Waals surface area contributed by atoms with Gasteiger partial charge in [-0.05, 0) is 35.6 Å². The molecule has 4 nitrogen and oxygen atoms in total. The maximum Gasteiger partial charge on any atom is 0.154 e. The van der Waals surface area contributed by atoms with Gasteiger partial charge in [-0.25, -0.2) is 9.67 Å². The molecule has 0 saturated heterocycles. The molecule has 0 bridgehead atoms. The fourth-order valence-corrected chi connectivity index (χ4v) is 3.89. The van der Waals surface area contributed by atoms with Crippen LogP contribution in [0.15, 0.2) is 42.5 Å². The lowest BCUT2D eigenvalue weighted by Crippen LogP contribution is -2.29. The van der Waals surface area contributed by atoms with Crippen molar-refractivity contribution in [3.63, 3.8) is 0 Å². The van der Waals surface area contributed by atoms with Crippen LogP contribution in [0, 0.1) is 0 Å².